The first-order valence-corrected chi connectivity index (χ1v) is 9.24. The van der Waals surface area contributed by atoms with Crippen LogP contribution in [0.4, 0.5) is 0 Å². The Bertz CT molecular complexity index is 901. The number of ether oxygens (including phenoxy) is 1. The third-order valence-corrected chi connectivity index (χ3v) is 5.32. The van der Waals surface area contributed by atoms with E-state index >= 15 is 0 Å². The molecule has 1 atom stereocenters. The van der Waals surface area contributed by atoms with Crippen LogP contribution in [0.3, 0.4) is 0 Å². The SMILES string of the molecule is CCCCC1=CCc2[nH]c3ccccc3c2C1c1ccc(OC)cc1. The highest BCUT2D eigenvalue weighted by Gasteiger charge is 2.28. The van der Waals surface area contributed by atoms with E-state index in [1.54, 1.807) is 12.7 Å². The molecule has 0 saturated carbocycles. The fraction of sp³-hybridized carbons (Fsp3) is 0.304. The van der Waals surface area contributed by atoms with E-state index in [0.717, 1.165) is 12.2 Å². The zero-order chi connectivity index (χ0) is 17.2. The molecule has 0 aliphatic heterocycles. The maximum atomic E-state index is 5.35. The van der Waals surface area contributed by atoms with Gasteiger partial charge in [0.25, 0.3) is 0 Å². The van der Waals surface area contributed by atoms with Gasteiger partial charge in [0.05, 0.1) is 7.11 Å². The average Bonchev–Trinajstić information content (AvgIpc) is 3.05. The van der Waals surface area contributed by atoms with E-state index in [9.17, 15) is 0 Å². The van der Waals surface area contributed by atoms with Gasteiger partial charge in [0.2, 0.25) is 0 Å². The van der Waals surface area contributed by atoms with E-state index in [0.29, 0.717) is 5.92 Å². The van der Waals surface area contributed by atoms with Crippen molar-refractivity contribution in [2.45, 2.75) is 38.5 Å². The van der Waals surface area contributed by atoms with Crippen LogP contribution in [0, 0.1) is 0 Å². The van der Waals surface area contributed by atoms with Crippen LogP contribution in [-0.4, -0.2) is 12.1 Å². The first kappa shape index (κ1) is 16.0. The molecule has 3 aromatic rings. The summed E-state index contributed by atoms with van der Waals surface area (Å²) in [6, 6.07) is 17.3. The molecular formula is C23H25NO. The number of benzene rings is 2. The molecule has 0 radical (unpaired) electrons. The Labute approximate surface area is 149 Å². The molecule has 128 valence electrons. The number of para-hydroxylation sites is 1. The molecule has 0 amide bonds. The van der Waals surface area contributed by atoms with Crippen molar-refractivity contribution in [3.05, 3.63) is 77.0 Å². The number of fused-ring (bicyclic) bond motifs is 3. The first-order valence-electron chi connectivity index (χ1n) is 9.24. The molecule has 1 heterocycles. The van der Waals surface area contributed by atoms with Gasteiger partial charge in [-0.3, -0.25) is 0 Å². The van der Waals surface area contributed by atoms with E-state index in [2.05, 4.69) is 66.5 Å². The normalized spacial score (nSPS) is 16.6. The average molecular weight is 331 g/mol. The molecule has 0 fully saturated rings. The maximum absolute atomic E-state index is 5.35. The van der Waals surface area contributed by atoms with Crippen molar-refractivity contribution in [1.29, 1.82) is 0 Å². The van der Waals surface area contributed by atoms with Crippen LogP contribution in [0.15, 0.2) is 60.2 Å². The first-order chi connectivity index (χ1) is 12.3. The lowest BCUT2D eigenvalue weighted by atomic mass is 9.77. The molecule has 2 aromatic carbocycles. The van der Waals surface area contributed by atoms with Gasteiger partial charge < -0.3 is 9.72 Å². The van der Waals surface area contributed by atoms with Gasteiger partial charge in [-0.05, 0) is 42.2 Å². The van der Waals surface area contributed by atoms with Crippen molar-refractivity contribution >= 4 is 10.9 Å². The third kappa shape index (κ3) is 2.86. The lowest BCUT2D eigenvalue weighted by Gasteiger charge is -2.26. The summed E-state index contributed by atoms with van der Waals surface area (Å²) in [5.41, 5.74) is 6.99. The summed E-state index contributed by atoms with van der Waals surface area (Å²) in [4.78, 5) is 3.65. The Morgan fingerprint density at radius 3 is 2.64 bits per heavy atom. The van der Waals surface area contributed by atoms with E-state index in [-0.39, 0.29) is 0 Å². The summed E-state index contributed by atoms with van der Waals surface area (Å²) in [6.45, 7) is 2.27. The van der Waals surface area contributed by atoms with Crippen molar-refractivity contribution < 1.29 is 4.74 Å². The molecule has 2 heteroatoms. The lowest BCUT2D eigenvalue weighted by Crippen LogP contribution is -2.12. The number of unbranched alkanes of at least 4 members (excludes halogenated alkanes) is 1. The standard InChI is InChI=1S/C23H25NO/c1-3-4-7-16-12-15-21-23(19-8-5-6-9-20(19)24-21)22(16)17-10-13-18(25-2)14-11-17/h5-6,8-14,22,24H,3-4,7,15H2,1-2H3. The number of methoxy groups -OCH3 is 1. The van der Waals surface area contributed by atoms with Crippen LogP contribution < -0.4 is 4.74 Å². The quantitative estimate of drug-likeness (QED) is 0.571. The molecule has 1 aromatic heterocycles. The number of aromatic nitrogens is 1. The number of nitrogens with one attached hydrogen (secondary N) is 1. The van der Waals surface area contributed by atoms with Gasteiger partial charge in [-0.15, -0.1) is 0 Å². The van der Waals surface area contributed by atoms with Crippen molar-refractivity contribution in [3.8, 4) is 5.75 Å². The summed E-state index contributed by atoms with van der Waals surface area (Å²) in [5.74, 6) is 1.26. The summed E-state index contributed by atoms with van der Waals surface area (Å²) in [6.07, 6.45) is 7.10. The molecule has 0 bridgehead atoms. The smallest absolute Gasteiger partial charge is 0.118 e. The van der Waals surface area contributed by atoms with E-state index in [1.165, 1.54) is 47.0 Å². The molecule has 1 unspecified atom stereocenters. The topological polar surface area (TPSA) is 25.0 Å². The van der Waals surface area contributed by atoms with Gasteiger partial charge in [0, 0.05) is 28.9 Å². The predicted octanol–water partition coefficient (Wildman–Crippen LogP) is 5.98. The number of aromatic amines is 1. The lowest BCUT2D eigenvalue weighted by molar-refractivity contribution is 0.414. The highest BCUT2D eigenvalue weighted by molar-refractivity contribution is 5.87. The Morgan fingerprint density at radius 2 is 1.88 bits per heavy atom. The monoisotopic (exact) mass is 331 g/mol. The number of rotatable bonds is 5. The molecule has 2 nitrogen and oxygen atoms in total. The Balaban J connectivity index is 1.85. The van der Waals surface area contributed by atoms with E-state index in [4.69, 9.17) is 4.74 Å². The molecule has 25 heavy (non-hydrogen) atoms. The Hall–Kier alpha value is -2.48. The largest absolute Gasteiger partial charge is 0.497 e. The number of H-pyrrole nitrogens is 1. The Morgan fingerprint density at radius 1 is 1.08 bits per heavy atom. The molecule has 1 N–H and O–H groups in total. The van der Waals surface area contributed by atoms with Crippen LogP contribution in [0.25, 0.3) is 10.9 Å². The highest BCUT2D eigenvalue weighted by Crippen LogP contribution is 2.43. The van der Waals surface area contributed by atoms with Gasteiger partial charge in [-0.1, -0.05) is 55.3 Å². The second-order valence-corrected chi connectivity index (χ2v) is 6.86. The maximum Gasteiger partial charge on any atom is 0.118 e. The fourth-order valence-corrected chi connectivity index (χ4v) is 4.05. The molecular weight excluding hydrogens is 306 g/mol. The third-order valence-electron chi connectivity index (χ3n) is 5.32. The summed E-state index contributed by atoms with van der Waals surface area (Å²) < 4.78 is 5.35. The number of hydrogen-bond donors (Lipinski definition) is 1. The summed E-state index contributed by atoms with van der Waals surface area (Å²) >= 11 is 0. The van der Waals surface area contributed by atoms with Gasteiger partial charge in [0.1, 0.15) is 5.75 Å². The summed E-state index contributed by atoms with van der Waals surface area (Å²) in [5, 5.41) is 1.36. The van der Waals surface area contributed by atoms with Crippen LogP contribution in [-0.2, 0) is 6.42 Å². The van der Waals surface area contributed by atoms with Crippen molar-refractivity contribution in [3.63, 3.8) is 0 Å². The zero-order valence-corrected chi connectivity index (χ0v) is 15.0. The minimum absolute atomic E-state index is 0.345. The minimum Gasteiger partial charge on any atom is -0.497 e. The molecule has 1 aliphatic carbocycles. The number of allylic oxidation sites excluding steroid dienone is 2. The summed E-state index contributed by atoms with van der Waals surface area (Å²) in [7, 11) is 1.72. The van der Waals surface area contributed by atoms with E-state index < -0.39 is 0 Å². The molecule has 1 aliphatic rings. The highest BCUT2D eigenvalue weighted by atomic mass is 16.5. The number of hydrogen-bond acceptors (Lipinski definition) is 1. The zero-order valence-electron chi connectivity index (χ0n) is 15.0. The molecule has 4 rings (SSSR count). The van der Waals surface area contributed by atoms with Crippen molar-refractivity contribution in [1.82, 2.24) is 4.98 Å². The fourth-order valence-electron chi connectivity index (χ4n) is 4.05. The van der Waals surface area contributed by atoms with Gasteiger partial charge in [-0.2, -0.15) is 0 Å². The second-order valence-electron chi connectivity index (χ2n) is 6.86. The Kier molecular flexibility index (Phi) is 4.35. The van der Waals surface area contributed by atoms with Crippen LogP contribution in [0.5, 0.6) is 5.75 Å². The van der Waals surface area contributed by atoms with Gasteiger partial charge in [-0.25, -0.2) is 0 Å². The van der Waals surface area contributed by atoms with Crippen molar-refractivity contribution in [2.75, 3.05) is 7.11 Å². The van der Waals surface area contributed by atoms with Crippen LogP contribution in [0.2, 0.25) is 0 Å². The molecule has 0 saturated heterocycles. The van der Waals surface area contributed by atoms with Gasteiger partial charge >= 0.3 is 0 Å². The molecule has 0 spiro atoms. The van der Waals surface area contributed by atoms with Crippen LogP contribution in [0.1, 0.15) is 48.9 Å². The van der Waals surface area contributed by atoms with Crippen molar-refractivity contribution in [2.24, 2.45) is 0 Å². The minimum atomic E-state index is 0.345. The van der Waals surface area contributed by atoms with Crippen LogP contribution >= 0.6 is 0 Å². The predicted molar refractivity (Wildman–Crippen MR) is 104 cm³/mol. The second kappa shape index (κ2) is 6.79. The van der Waals surface area contributed by atoms with E-state index in [1.807, 2.05) is 0 Å². The van der Waals surface area contributed by atoms with Gasteiger partial charge in [0.15, 0.2) is 0 Å².